The van der Waals surface area contributed by atoms with Gasteiger partial charge in [0.15, 0.2) is 0 Å². The highest BCUT2D eigenvalue weighted by Gasteiger charge is 2.27. The number of amides is 3. The monoisotopic (exact) mass is 226 g/mol. The van der Waals surface area contributed by atoms with Gasteiger partial charge in [-0.15, -0.1) is 5.10 Å². The van der Waals surface area contributed by atoms with Gasteiger partial charge in [-0.1, -0.05) is 4.49 Å². The Morgan fingerprint density at radius 3 is 2.60 bits per heavy atom. The molecule has 7 nitrogen and oxygen atoms in total. The van der Waals surface area contributed by atoms with Gasteiger partial charge < -0.3 is 4.90 Å². The maximum atomic E-state index is 11.7. The van der Waals surface area contributed by atoms with Gasteiger partial charge in [-0.25, -0.2) is 0 Å². The first kappa shape index (κ1) is 9.71. The van der Waals surface area contributed by atoms with Crippen LogP contribution in [0.2, 0.25) is 0 Å². The van der Waals surface area contributed by atoms with E-state index in [-0.39, 0.29) is 13.1 Å². The number of hydrogen-bond acceptors (Lipinski definition) is 6. The van der Waals surface area contributed by atoms with E-state index in [1.54, 1.807) is 0 Å². The van der Waals surface area contributed by atoms with Crippen molar-refractivity contribution in [1.82, 2.24) is 19.8 Å². The van der Waals surface area contributed by atoms with E-state index >= 15 is 0 Å². The van der Waals surface area contributed by atoms with Crippen LogP contribution < -0.4 is 5.32 Å². The van der Waals surface area contributed by atoms with E-state index in [0.717, 1.165) is 16.4 Å². The Morgan fingerprint density at radius 1 is 1.40 bits per heavy atom. The van der Waals surface area contributed by atoms with Crippen LogP contribution in [0.5, 0.6) is 0 Å². The molecule has 1 aliphatic rings. The zero-order valence-electron chi connectivity index (χ0n) is 7.47. The third-order valence-corrected chi connectivity index (χ3v) is 2.46. The molecule has 1 saturated heterocycles. The summed E-state index contributed by atoms with van der Waals surface area (Å²) in [5.74, 6) is -1.35. The lowest BCUT2D eigenvalue weighted by Crippen LogP contribution is -2.53. The lowest BCUT2D eigenvalue weighted by Gasteiger charge is -2.24. The van der Waals surface area contributed by atoms with Crippen LogP contribution >= 0.6 is 11.5 Å². The summed E-state index contributed by atoms with van der Waals surface area (Å²) in [5.41, 5.74) is 0. The number of aromatic nitrogens is 2. The predicted octanol–water partition coefficient (Wildman–Crippen LogP) is -1.36. The van der Waals surface area contributed by atoms with E-state index in [1.165, 1.54) is 6.20 Å². The summed E-state index contributed by atoms with van der Waals surface area (Å²) in [7, 11) is 0. The second kappa shape index (κ2) is 3.73. The number of nitrogens with zero attached hydrogens (tertiary/aromatic N) is 3. The molecule has 78 valence electrons. The van der Waals surface area contributed by atoms with Crippen molar-refractivity contribution in [2.45, 2.75) is 0 Å². The van der Waals surface area contributed by atoms with E-state index in [2.05, 4.69) is 14.9 Å². The molecule has 0 radical (unpaired) electrons. The fourth-order valence-electron chi connectivity index (χ4n) is 1.20. The molecule has 1 fully saturated rings. The lowest BCUT2D eigenvalue weighted by atomic mass is 10.3. The number of nitrogens with one attached hydrogen (secondary N) is 1. The molecule has 2 rings (SSSR count). The van der Waals surface area contributed by atoms with Crippen LogP contribution in [0.25, 0.3) is 0 Å². The Kier molecular flexibility index (Phi) is 2.42. The second-order valence-electron chi connectivity index (χ2n) is 2.91. The van der Waals surface area contributed by atoms with Crippen LogP contribution in [0, 0.1) is 0 Å². The van der Waals surface area contributed by atoms with Crippen LogP contribution in [0.3, 0.4) is 0 Å². The highest BCUT2D eigenvalue weighted by molar-refractivity contribution is 7.07. The standard InChI is InChI=1S/C7H6N4O3S/c12-5-2-11(3-6(13)9-5)7(14)4-1-8-10-15-4/h1H,2-3H2,(H,9,12,13). The lowest BCUT2D eigenvalue weighted by molar-refractivity contribution is -0.135. The Labute approximate surface area is 88.2 Å². The topological polar surface area (TPSA) is 92.3 Å². The molecule has 0 bridgehead atoms. The van der Waals surface area contributed by atoms with Crippen molar-refractivity contribution in [3.8, 4) is 0 Å². The number of rotatable bonds is 1. The van der Waals surface area contributed by atoms with E-state index in [1.807, 2.05) is 0 Å². The smallest absolute Gasteiger partial charge is 0.268 e. The Balaban J connectivity index is 2.14. The molecule has 3 amide bonds. The number of piperazine rings is 1. The molecule has 1 aromatic heterocycles. The molecule has 0 atom stereocenters. The fraction of sp³-hybridized carbons (Fsp3) is 0.286. The minimum Gasteiger partial charge on any atom is -0.319 e. The number of carbonyl (C=O) groups is 3. The zero-order valence-corrected chi connectivity index (χ0v) is 8.28. The van der Waals surface area contributed by atoms with E-state index < -0.39 is 17.7 Å². The predicted molar refractivity (Wildman–Crippen MR) is 49.0 cm³/mol. The zero-order chi connectivity index (χ0) is 10.8. The highest BCUT2D eigenvalue weighted by atomic mass is 32.1. The first-order valence-corrected chi connectivity index (χ1v) is 4.83. The largest absolute Gasteiger partial charge is 0.319 e. The van der Waals surface area contributed by atoms with E-state index in [9.17, 15) is 14.4 Å². The molecule has 0 saturated carbocycles. The van der Waals surface area contributed by atoms with Gasteiger partial charge >= 0.3 is 0 Å². The van der Waals surface area contributed by atoms with Crippen molar-refractivity contribution in [1.29, 1.82) is 0 Å². The molecule has 0 unspecified atom stereocenters. The first-order chi connectivity index (χ1) is 7.16. The SMILES string of the molecule is O=C1CN(C(=O)c2cnns2)CC(=O)N1. The molecule has 1 N–H and O–H groups in total. The summed E-state index contributed by atoms with van der Waals surface area (Å²) < 4.78 is 3.53. The average Bonchev–Trinajstić information content (AvgIpc) is 2.67. The molecule has 1 aromatic rings. The molecule has 15 heavy (non-hydrogen) atoms. The van der Waals surface area contributed by atoms with Crippen molar-refractivity contribution in [2.24, 2.45) is 0 Å². The van der Waals surface area contributed by atoms with Gasteiger partial charge in [0.25, 0.3) is 5.91 Å². The summed E-state index contributed by atoms with van der Waals surface area (Å²) in [6, 6.07) is 0. The second-order valence-corrected chi connectivity index (χ2v) is 3.70. The average molecular weight is 226 g/mol. The molecular formula is C7H6N4O3S. The van der Waals surface area contributed by atoms with Crippen LogP contribution in [-0.2, 0) is 9.59 Å². The van der Waals surface area contributed by atoms with Gasteiger partial charge in [-0.05, 0) is 11.5 Å². The fourth-order valence-corrected chi connectivity index (χ4v) is 1.68. The quantitative estimate of drug-likeness (QED) is 0.597. The molecule has 0 aromatic carbocycles. The molecular weight excluding hydrogens is 220 g/mol. The minimum atomic E-state index is -0.475. The number of imide groups is 1. The van der Waals surface area contributed by atoms with Gasteiger partial charge in [0, 0.05) is 0 Å². The maximum absolute atomic E-state index is 11.7. The van der Waals surface area contributed by atoms with Gasteiger partial charge in [-0.2, -0.15) is 0 Å². The summed E-state index contributed by atoms with van der Waals surface area (Å²) in [5, 5.41) is 5.62. The van der Waals surface area contributed by atoms with Crippen LogP contribution in [0.15, 0.2) is 6.20 Å². The summed E-state index contributed by atoms with van der Waals surface area (Å²) >= 11 is 0.932. The Morgan fingerprint density at radius 2 is 2.07 bits per heavy atom. The van der Waals surface area contributed by atoms with Gasteiger partial charge in [0.2, 0.25) is 11.8 Å². The van der Waals surface area contributed by atoms with Crippen LogP contribution in [0.1, 0.15) is 9.67 Å². The van der Waals surface area contributed by atoms with Crippen LogP contribution in [-0.4, -0.2) is 45.3 Å². The molecule has 0 spiro atoms. The maximum Gasteiger partial charge on any atom is 0.268 e. The Bertz CT molecular complexity index is 400. The summed E-state index contributed by atoms with van der Waals surface area (Å²) in [4.78, 5) is 35.2. The first-order valence-electron chi connectivity index (χ1n) is 4.06. The van der Waals surface area contributed by atoms with Gasteiger partial charge in [0.05, 0.1) is 6.20 Å². The van der Waals surface area contributed by atoms with Crippen LogP contribution in [0.4, 0.5) is 0 Å². The number of hydrogen-bond donors (Lipinski definition) is 1. The van der Waals surface area contributed by atoms with Gasteiger partial charge in [-0.3, -0.25) is 19.7 Å². The summed E-state index contributed by atoms with van der Waals surface area (Å²) in [6.45, 7) is -0.217. The minimum absolute atomic E-state index is 0.109. The van der Waals surface area contributed by atoms with Crippen molar-refractivity contribution in [3.05, 3.63) is 11.1 Å². The van der Waals surface area contributed by atoms with Crippen molar-refractivity contribution >= 4 is 29.3 Å². The number of carbonyl (C=O) groups excluding carboxylic acids is 3. The normalized spacial score (nSPS) is 16.4. The van der Waals surface area contributed by atoms with Gasteiger partial charge in [0.1, 0.15) is 18.0 Å². The van der Waals surface area contributed by atoms with E-state index in [0.29, 0.717) is 4.88 Å². The van der Waals surface area contributed by atoms with Crippen molar-refractivity contribution in [3.63, 3.8) is 0 Å². The highest BCUT2D eigenvalue weighted by Crippen LogP contribution is 2.08. The molecule has 0 aliphatic carbocycles. The molecule has 2 heterocycles. The van der Waals surface area contributed by atoms with Crippen molar-refractivity contribution in [2.75, 3.05) is 13.1 Å². The molecule has 8 heteroatoms. The van der Waals surface area contributed by atoms with E-state index in [4.69, 9.17) is 0 Å². The third kappa shape index (κ3) is 1.99. The van der Waals surface area contributed by atoms with Crippen molar-refractivity contribution < 1.29 is 14.4 Å². The third-order valence-electron chi connectivity index (χ3n) is 1.81. The molecule has 1 aliphatic heterocycles. The summed E-state index contributed by atoms with van der Waals surface area (Å²) in [6.07, 6.45) is 1.31. The Hall–Kier alpha value is -1.83.